The van der Waals surface area contributed by atoms with Crippen LogP contribution in [0.3, 0.4) is 0 Å². The Labute approximate surface area is 108 Å². The van der Waals surface area contributed by atoms with Gasteiger partial charge in [0.05, 0.1) is 6.10 Å². The van der Waals surface area contributed by atoms with Crippen molar-refractivity contribution in [2.75, 3.05) is 0 Å². The lowest BCUT2D eigenvalue weighted by Gasteiger charge is -2.07. The van der Waals surface area contributed by atoms with Crippen molar-refractivity contribution >= 4 is 33.4 Å². The van der Waals surface area contributed by atoms with E-state index in [9.17, 15) is 18.0 Å². The van der Waals surface area contributed by atoms with Gasteiger partial charge in [0.2, 0.25) is 0 Å². The Hall–Kier alpha value is -1.50. The predicted octanol–water partition coefficient (Wildman–Crippen LogP) is 1.65. The highest BCUT2D eigenvalue weighted by molar-refractivity contribution is 7.90. The summed E-state index contributed by atoms with van der Waals surface area (Å²) in [6.07, 6.45) is 0.600. The van der Waals surface area contributed by atoms with Gasteiger partial charge in [0.15, 0.2) is 0 Å². The van der Waals surface area contributed by atoms with Gasteiger partial charge in [-0.3, -0.25) is 0 Å². The summed E-state index contributed by atoms with van der Waals surface area (Å²) in [5, 5.41) is 1.49. The highest BCUT2D eigenvalue weighted by Crippen LogP contribution is 2.29. The SMILES string of the molecule is Cc1csc(C(=O)OC(C)C)c1S(=O)(=O)N=C=O. The fraction of sp³-hybridized carbons (Fsp3) is 0.400. The molecule has 0 aliphatic heterocycles. The third-order valence-corrected chi connectivity index (χ3v) is 4.43. The molecule has 18 heavy (non-hydrogen) atoms. The predicted molar refractivity (Wildman–Crippen MR) is 64.9 cm³/mol. The zero-order valence-corrected chi connectivity index (χ0v) is 11.6. The third-order valence-electron chi connectivity index (χ3n) is 1.86. The number of hydrogen-bond acceptors (Lipinski definition) is 6. The average molecular weight is 289 g/mol. The van der Waals surface area contributed by atoms with Crippen LogP contribution >= 0.6 is 11.3 Å². The van der Waals surface area contributed by atoms with E-state index in [0.717, 1.165) is 17.4 Å². The van der Waals surface area contributed by atoms with Crippen LogP contribution in [-0.2, 0) is 19.6 Å². The van der Waals surface area contributed by atoms with Crippen molar-refractivity contribution in [2.45, 2.75) is 31.8 Å². The number of carbonyl (C=O) groups excluding carboxylic acids is 2. The van der Waals surface area contributed by atoms with Crippen molar-refractivity contribution in [3.05, 3.63) is 15.8 Å². The Kier molecular flexibility index (Phi) is 4.39. The minimum absolute atomic E-state index is 0.0831. The third kappa shape index (κ3) is 3.04. The lowest BCUT2D eigenvalue weighted by molar-refractivity contribution is 0.0379. The molecule has 6 nitrogen and oxygen atoms in total. The number of ether oxygens (including phenoxy) is 1. The van der Waals surface area contributed by atoms with E-state index in [1.54, 1.807) is 13.8 Å². The van der Waals surface area contributed by atoms with Crippen molar-refractivity contribution in [3.8, 4) is 0 Å². The summed E-state index contributed by atoms with van der Waals surface area (Å²) < 4.78 is 31.1. The Morgan fingerprint density at radius 2 is 2.11 bits per heavy atom. The van der Waals surface area contributed by atoms with Gasteiger partial charge in [-0.25, -0.2) is 9.59 Å². The van der Waals surface area contributed by atoms with Crippen LogP contribution in [0, 0.1) is 6.92 Å². The standard InChI is InChI=1S/C10H11NO5S2/c1-6(2)16-10(13)8-9(7(3)4-17-8)18(14,15)11-5-12/h4,6H,1-3H3. The summed E-state index contributed by atoms with van der Waals surface area (Å²) in [7, 11) is -4.20. The van der Waals surface area contributed by atoms with Crippen molar-refractivity contribution in [3.63, 3.8) is 0 Å². The number of esters is 1. The van der Waals surface area contributed by atoms with E-state index >= 15 is 0 Å². The highest BCUT2D eigenvalue weighted by Gasteiger charge is 2.28. The van der Waals surface area contributed by atoms with E-state index in [-0.39, 0.29) is 15.9 Å². The molecule has 1 heterocycles. The van der Waals surface area contributed by atoms with Crippen LogP contribution in [0.15, 0.2) is 14.7 Å². The summed E-state index contributed by atoms with van der Waals surface area (Å²) in [4.78, 5) is 21.5. The molecule has 98 valence electrons. The van der Waals surface area contributed by atoms with Crippen molar-refractivity contribution in [2.24, 2.45) is 4.40 Å². The fourth-order valence-electron chi connectivity index (χ4n) is 1.26. The molecule has 1 aromatic heterocycles. The largest absolute Gasteiger partial charge is 0.459 e. The summed E-state index contributed by atoms with van der Waals surface area (Å²) in [5.74, 6) is -0.747. The maximum Gasteiger partial charge on any atom is 0.350 e. The molecule has 0 aliphatic rings. The molecule has 0 aromatic carbocycles. The van der Waals surface area contributed by atoms with Gasteiger partial charge in [0, 0.05) is 0 Å². The summed E-state index contributed by atoms with van der Waals surface area (Å²) in [5.41, 5.74) is 0.342. The molecular formula is C10H11NO5S2. The lowest BCUT2D eigenvalue weighted by Crippen LogP contribution is -2.13. The van der Waals surface area contributed by atoms with E-state index in [0.29, 0.717) is 5.56 Å². The van der Waals surface area contributed by atoms with Gasteiger partial charge in [-0.05, 0) is 31.7 Å². The molecule has 0 saturated heterocycles. The van der Waals surface area contributed by atoms with Gasteiger partial charge >= 0.3 is 5.97 Å². The van der Waals surface area contributed by atoms with Crippen LogP contribution in [-0.4, -0.2) is 26.6 Å². The summed E-state index contributed by atoms with van der Waals surface area (Å²) >= 11 is 0.935. The van der Waals surface area contributed by atoms with E-state index in [1.807, 2.05) is 0 Å². The summed E-state index contributed by atoms with van der Waals surface area (Å²) in [6.45, 7) is 4.81. The normalized spacial score (nSPS) is 11.1. The van der Waals surface area contributed by atoms with Crippen LogP contribution in [0.25, 0.3) is 0 Å². The molecule has 1 aromatic rings. The molecule has 0 N–H and O–H groups in total. The topological polar surface area (TPSA) is 89.9 Å². The molecule has 1 rings (SSSR count). The summed E-state index contributed by atoms with van der Waals surface area (Å²) in [6, 6.07) is 0. The minimum atomic E-state index is -4.20. The van der Waals surface area contributed by atoms with Gasteiger partial charge in [-0.1, -0.05) is 4.40 Å². The molecule has 0 unspecified atom stereocenters. The molecule has 0 amide bonds. The molecule has 0 bridgehead atoms. The molecule has 0 atom stereocenters. The van der Waals surface area contributed by atoms with Crippen molar-refractivity contribution in [1.29, 1.82) is 0 Å². The molecule has 0 spiro atoms. The smallest absolute Gasteiger partial charge is 0.350 e. The van der Waals surface area contributed by atoms with Crippen LogP contribution in [0.4, 0.5) is 0 Å². The van der Waals surface area contributed by atoms with E-state index in [1.165, 1.54) is 12.3 Å². The second-order valence-corrected chi connectivity index (χ2v) is 6.11. The Morgan fingerprint density at radius 3 is 2.61 bits per heavy atom. The van der Waals surface area contributed by atoms with Gasteiger partial charge in [0.1, 0.15) is 9.77 Å². The number of rotatable bonds is 4. The molecule has 0 radical (unpaired) electrons. The number of isocyanates is 1. The number of aryl methyl sites for hydroxylation is 1. The van der Waals surface area contributed by atoms with Crippen molar-refractivity contribution < 1.29 is 22.7 Å². The maximum atomic E-state index is 11.7. The van der Waals surface area contributed by atoms with Crippen LogP contribution < -0.4 is 0 Å². The van der Waals surface area contributed by atoms with Gasteiger partial charge in [-0.15, -0.1) is 11.3 Å². The molecular weight excluding hydrogens is 278 g/mol. The first-order chi connectivity index (χ1) is 8.29. The molecule has 8 heteroatoms. The monoisotopic (exact) mass is 289 g/mol. The second-order valence-electron chi connectivity index (χ2n) is 3.69. The maximum absolute atomic E-state index is 11.7. The van der Waals surface area contributed by atoms with E-state index in [4.69, 9.17) is 4.74 Å². The lowest BCUT2D eigenvalue weighted by atomic mass is 10.3. The van der Waals surface area contributed by atoms with Gasteiger partial charge in [0.25, 0.3) is 16.1 Å². The number of carbonyl (C=O) groups is 1. The molecule has 0 saturated carbocycles. The number of thiophene rings is 1. The number of sulfonamides is 1. The average Bonchev–Trinajstić information content (AvgIpc) is 2.59. The Bertz CT molecular complexity index is 608. The Morgan fingerprint density at radius 1 is 1.50 bits per heavy atom. The first kappa shape index (κ1) is 14.6. The van der Waals surface area contributed by atoms with Crippen LogP contribution in [0.5, 0.6) is 0 Å². The van der Waals surface area contributed by atoms with E-state index in [2.05, 4.69) is 4.40 Å². The van der Waals surface area contributed by atoms with E-state index < -0.39 is 16.0 Å². The minimum Gasteiger partial charge on any atom is -0.459 e. The zero-order chi connectivity index (χ0) is 13.9. The molecule has 0 aliphatic carbocycles. The quantitative estimate of drug-likeness (QED) is 0.477. The first-order valence-electron chi connectivity index (χ1n) is 4.92. The Balaban J connectivity index is 3.34. The zero-order valence-electron chi connectivity index (χ0n) is 9.96. The van der Waals surface area contributed by atoms with Crippen molar-refractivity contribution in [1.82, 2.24) is 0 Å². The second kappa shape index (κ2) is 5.43. The van der Waals surface area contributed by atoms with Gasteiger partial charge < -0.3 is 4.74 Å². The number of nitrogens with zero attached hydrogens (tertiary/aromatic N) is 1. The van der Waals surface area contributed by atoms with Gasteiger partial charge in [-0.2, -0.15) is 8.42 Å². The van der Waals surface area contributed by atoms with Crippen LogP contribution in [0.2, 0.25) is 0 Å². The number of hydrogen-bond donors (Lipinski definition) is 0. The highest BCUT2D eigenvalue weighted by atomic mass is 32.2. The first-order valence-corrected chi connectivity index (χ1v) is 7.24. The molecule has 0 fully saturated rings. The van der Waals surface area contributed by atoms with Crippen LogP contribution in [0.1, 0.15) is 29.1 Å². The fourth-order valence-corrected chi connectivity index (χ4v) is 3.59.